The topological polar surface area (TPSA) is 68.5 Å². The summed E-state index contributed by atoms with van der Waals surface area (Å²) in [4.78, 5) is 25.4. The summed E-state index contributed by atoms with van der Waals surface area (Å²) in [6.45, 7) is 6.39. The molecule has 0 saturated carbocycles. The Labute approximate surface area is 167 Å². The predicted molar refractivity (Wildman–Crippen MR) is 115 cm³/mol. The first-order chi connectivity index (χ1) is 14.0. The summed E-state index contributed by atoms with van der Waals surface area (Å²) >= 11 is 0. The molecule has 1 heterocycles. The smallest absolute Gasteiger partial charge is 0.255 e. The van der Waals surface area contributed by atoms with Gasteiger partial charge in [-0.3, -0.25) is 9.59 Å². The van der Waals surface area contributed by atoms with E-state index in [4.69, 9.17) is 9.15 Å². The van der Waals surface area contributed by atoms with E-state index in [1.165, 1.54) is 0 Å². The highest BCUT2D eigenvalue weighted by molar-refractivity contribution is 6.05. The van der Waals surface area contributed by atoms with E-state index in [0.717, 1.165) is 11.1 Å². The molecule has 0 fully saturated rings. The molecular formula is C24H21NO4. The molecule has 0 aliphatic carbocycles. The zero-order valence-corrected chi connectivity index (χ0v) is 16.5. The van der Waals surface area contributed by atoms with Crippen LogP contribution in [-0.4, -0.2) is 12.5 Å². The molecule has 1 amide bonds. The van der Waals surface area contributed by atoms with Crippen LogP contribution in [0.1, 0.15) is 28.4 Å². The van der Waals surface area contributed by atoms with Crippen LogP contribution in [0.5, 0.6) is 5.75 Å². The first-order valence-electron chi connectivity index (χ1n) is 9.49. The summed E-state index contributed by atoms with van der Waals surface area (Å²) in [5.41, 5.74) is 4.02. The molecule has 29 heavy (non-hydrogen) atoms. The second-order valence-electron chi connectivity index (χ2n) is 6.94. The quantitative estimate of drug-likeness (QED) is 0.488. The molecule has 1 N–H and O–H groups in total. The highest BCUT2D eigenvalue weighted by atomic mass is 16.5. The summed E-state index contributed by atoms with van der Waals surface area (Å²) in [5, 5.41) is 3.90. The number of anilines is 1. The zero-order chi connectivity index (χ0) is 20.5. The Morgan fingerprint density at radius 2 is 1.72 bits per heavy atom. The minimum Gasteiger partial charge on any atom is -0.494 e. The maximum Gasteiger partial charge on any atom is 0.255 e. The Balaban J connectivity index is 1.69. The first-order valence-corrected chi connectivity index (χ1v) is 9.49. The molecule has 0 aliphatic heterocycles. The summed E-state index contributed by atoms with van der Waals surface area (Å²) < 4.78 is 11.4. The summed E-state index contributed by atoms with van der Waals surface area (Å²) in [7, 11) is 0. The highest BCUT2D eigenvalue weighted by Crippen LogP contribution is 2.25. The monoisotopic (exact) mass is 387 g/mol. The molecule has 3 aromatic carbocycles. The van der Waals surface area contributed by atoms with E-state index in [9.17, 15) is 9.59 Å². The van der Waals surface area contributed by atoms with Crippen LogP contribution in [0.25, 0.3) is 21.9 Å². The van der Waals surface area contributed by atoms with Gasteiger partial charge in [-0.25, -0.2) is 0 Å². The van der Waals surface area contributed by atoms with E-state index in [2.05, 4.69) is 5.32 Å². The lowest BCUT2D eigenvalue weighted by molar-refractivity contribution is 0.102. The molecule has 0 unspecified atom stereocenters. The van der Waals surface area contributed by atoms with Gasteiger partial charge in [-0.05, 0) is 74.4 Å². The van der Waals surface area contributed by atoms with Crippen molar-refractivity contribution in [1.29, 1.82) is 0 Å². The van der Waals surface area contributed by atoms with Crippen molar-refractivity contribution in [3.63, 3.8) is 0 Å². The molecule has 5 heteroatoms. The van der Waals surface area contributed by atoms with Gasteiger partial charge in [0, 0.05) is 17.3 Å². The van der Waals surface area contributed by atoms with Crippen molar-refractivity contribution < 1.29 is 13.9 Å². The van der Waals surface area contributed by atoms with E-state index in [-0.39, 0.29) is 11.3 Å². The van der Waals surface area contributed by atoms with Crippen LogP contribution in [0.3, 0.4) is 0 Å². The molecule has 0 spiro atoms. The van der Waals surface area contributed by atoms with Crippen LogP contribution >= 0.6 is 0 Å². The lowest BCUT2D eigenvalue weighted by Crippen LogP contribution is -2.12. The molecule has 146 valence electrons. The number of carbonyl (C=O) groups excluding carboxylic acids is 1. The van der Waals surface area contributed by atoms with Gasteiger partial charge in [0.2, 0.25) is 5.43 Å². The van der Waals surface area contributed by atoms with Crippen LogP contribution in [0.4, 0.5) is 5.69 Å². The van der Waals surface area contributed by atoms with Crippen LogP contribution in [-0.2, 0) is 0 Å². The Bertz CT molecular complexity index is 1290. The lowest BCUT2D eigenvalue weighted by Gasteiger charge is -2.09. The number of hydrogen-bond donors (Lipinski definition) is 1. The Morgan fingerprint density at radius 1 is 1.00 bits per heavy atom. The van der Waals surface area contributed by atoms with Crippen LogP contribution in [0.15, 0.2) is 63.8 Å². The van der Waals surface area contributed by atoms with Crippen molar-refractivity contribution in [2.45, 2.75) is 20.8 Å². The largest absolute Gasteiger partial charge is 0.494 e. The van der Waals surface area contributed by atoms with Crippen molar-refractivity contribution in [1.82, 2.24) is 0 Å². The molecule has 1 aromatic heterocycles. The third-order valence-electron chi connectivity index (χ3n) is 5.04. The predicted octanol–water partition coefficient (Wildman–Crippen LogP) is 5.21. The van der Waals surface area contributed by atoms with Crippen molar-refractivity contribution >= 4 is 33.5 Å². The maximum atomic E-state index is 12.8. The molecule has 4 aromatic rings. The van der Waals surface area contributed by atoms with Crippen molar-refractivity contribution in [3.8, 4) is 5.75 Å². The lowest BCUT2D eigenvalue weighted by atomic mass is 10.0. The van der Waals surface area contributed by atoms with E-state index < -0.39 is 0 Å². The molecule has 0 atom stereocenters. The maximum absolute atomic E-state index is 12.8. The first kappa shape index (κ1) is 18.7. The third kappa shape index (κ3) is 3.47. The van der Waals surface area contributed by atoms with E-state index in [0.29, 0.717) is 45.5 Å². The van der Waals surface area contributed by atoms with Crippen LogP contribution in [0, 0.1) is 13.8 Å². The number of amides is 1. The Morgan fingerprint density at radius 3 is 2.45 bits per heavy atom. The number of benzene rings is 3. The van der Waals surface area contributed by atoms with Gasteiger partial charge < -0.3 is 14.5 Å². The van der Waals surface area contributed by atoms with Gasteiger partial charge in [0.1, 0.15) is 16.9 Å². The standard InChI is InChI=1S/C24H21NO4/c1-4-28-18-9-6-16(7-10-18)24(27)25-17-8-12-19-21(13-17)29-23-15(3)14(2)5-11-20(23)22(19)26/h5-13H,4H2,1-3H3,(H,25,27). The Hall–Kier alpha value is -3.60. The minimum atomic E-state index is -0.248. The van der Waals surface area contributed by atoms with E-state index >= 15 is 0 Å². The number of rotatable bonds is 4. The SMILES string of the molecule is CCOc1ccc(C(=O)Nc2ccc3c(=O)c4ccc(C)c(C)c4oc3c2)cc1. The van der Waals surface area contributed by atoms with Gasteiger partial charge in [-0.15, -0.1) is 0 Å². The molecule has 4 rings (SSSR count). The van der Waals surface area contributed by atoms with Gasteiger partial charge in [-0.1, -0.05) is 6.07 Å². The third-order valence-corrected chi connectivity index (χ3v) is 5.04. The molecule has 0 radical (unpaired) electrons. The Kier molecular flexibility index (Phi) is 4.80. The number of nitrogens with one attached hydrogen (secondary N) is 1. The van der Waals surface area contributed by atoms with Crippen molar-refractivity contribution in [2.75, 3.05) is 11.9 Å². The number of hydrogen-bond acceptors (Lipinski definition) is 4. The van der Waals surface area contributed by atoms with Gasteiger partial charge in [-0.2, -0.15) is 0 Å². The highest BCUT2D eigenvalue weighted by Gasteiger charge is 2.13. The molecule has 0 saturated heterocycles. The average molecular weight is 387 g/mol. The van der Waals surface area contributed by atoms with Crippen LogP contribution in [0.2, 0.25) is 0 Å². The van der Waals surface area contributed by atoms with E-state index in [1.54, 1.807) is 48.5 Å². The molecular weight excluding hydrogens is 366 g/mol. The fourth-order valence-corrected chi connectivity index (χ4v) is 3.30. The van der Waals surface area contributed by atoms with Gasteiger partial charge in [0.05, 0.1) is 17.4 Å². The van der Waals surface area contributed by atoms with E-state index in [1.807, 2.05) is 26.8 Å². The molecule has 0 bridgehead atoms. The van der Waals surface area contributed by atoms with Gasteiger partial charge in [0.15, 0.2) is 0 Å². The van der Waals surface area contributed by atoms with Gasteiger partial charge >= 0.3 is 0 Å². The number of carbonyl (C=O) groups is 1. The number of fused-ring (bicyclic) bond motifs is 2. The van der Waals surface area contributed by atoms with Crippen molar-refractivity contribution in [2.24, 2.45) is 0 Å². The van der Waals surface area contributed by atoms with Crippen molar-refractivity contribution in [3.05, 3.63) is 81.5 Å². The second-order valence-corrected chi connectivity index (χ2v) is 6.94. The number of ether oxygens (including phenoxy) is 1. The summed E-state index contributed by atoms with van der Waals surface area (Å²) in [6.07, 6.45) is 0. The van der Waals surface area contributed by atoms with Gasteiger partial charge in [0.25, 0.3) is 5.91 Å². The normalized spacial score (nSPS) is 11.0. The fraction of sp³-hybridized carbons (Fsp3) is 0.167. The fourth-order valence-electron chi connectivity index (χ4n) is 3.30. The summed E-state index contributed by atoms with van der Waals surface area (Å²) in [5.74, 6) is 0.469. The molecule has 0 aliphatic rings. The average Bonchev–Trinajstić information content (AvgIpc) is 2.72. The summed E-state index contributed by atoms with van der Waals surface area (Å²) in [6, 6.07) is 15.7. The minimum absolute atomic E-state index is 0.0752. The number of aryl methyl sites for hydroxylation is 2. The second kappa shape index (κ2) is 7.43. The molecule has 5 nitrogen and oxygen atoms in total. The zero-order valence-electron chi connectivity index (χ0n) is 16.5. The van der Waals surface area contributed by atoms with Crippen LogP contribution < -0.4 is 15.5 Å².